The van der Waals surface area contributed by atoms with Crippen molar-refractivity contribution in [1.29, 1.82) is 0 Å². The first-order chi connectivity index (χ1) is 24.3. The highest BCUT2D eigenvalue weighted by Crippen LogP contribution is 2.19. The number of nitrogens with zero attached hydrogens (tertiary/aromatic N) is 1. The van der Waals surface area contributed by atoms with Gasteiger partial charge in [-0.1, -0.05) is 210 Å². The van der Waals surface area contributed by atoms with Crippen LogP contribution >= 0.6 is 0 Å². The van der Waals surface area contributed by atoms with E-state index in [1.165, 1.54) is 101 Å². The highest BCUT2D eigenvalue weighted by molar-refractivity contribution is 5.73. The number of rotatable bonds is 13. The summed E-state index contributed by atoms with van der Waals surface area (Å²) in [7, 11) is 0. The molecule has 1 aromatic carbocycles. The lowest BCUT2D eigenvalue weighted by Gasteiger charge is -2.26. The smallest absolute Gasteiger partial charge is 0.217 e. The molecule has 0 radical (unpaired) electrons. The number of unbranched alkanes of at least 4 members (excludes halogenated alkanes) is 6. The summed E-state index contributed by atoms with van der Waals surface area (Å²) in [4.78, 5) is 22.6. The van der Waals surface area contributed by atoms with Crippen LogP contribution in [0, 0.1) is 37.0 Å². The molecule has 1 N–H and O–H groups in total. The van der Waals surface area contributed by atoms with Crippen LogP contribution < -0.4 is 5.32 Å². The van der Waals surface area contributed by atoms with Gasteiger partial charge in [0.1, 0.15) is 0 Å². The van der Waals surface area contributed by atoms with Crippen molar-refractivity contribution in [3.05, 3.63) is 35.4 Å². The average Bonchev–Trinajstić information content (AvgIpc) is 3.05. The predicted molar refractivity (Wildman–Crippen MR) is 245 cm³/mol. The Morgan fingerprint density at radius 3 is 1.36 bits per heavy atom. The molecule has 4 nitrogen and oxygen atoms in total. The molecule has 53 heavy (non-hydrogen) atoms. The van der Waals surface area contributed by atoms with Gasteiger partial charge in [-0.25, -0.2) is 0 Å². The zero-order valence-electron chi connectivity index (χ0n) is 39.0. The van der Waals surface area contributed by atoms with Crippen LogP contribution in [0.2, 0.25) is 0 Å². The van der Waals surface area contributed by atoms with Crippen LogP contribution in [0.4, 0.5) is 0 Å². The number of amides is 2. The van der Waals surface area contributed by atoms with Crippen LogP contribution in [0.5, 0.6) is 0 Å². The van der Waals surface area contributed by atoms with E-state index in [1.807, 2.05) is 11.8 Å². The molecule has 1 atom stereocenters. The number of benzene rings is 1. The second-order valence-corrected chi connectivity index (χ2v) is 17.1. The minimum absolute atomic E-state index is 0. The van der Waals surface area contributed by atoms with Gasteiger partial charge < -0.3 is 10.2 Å². The van der Waals surface area contributed by atoms with Gasteiger partial charge in [0, 0.05) is 26.1 Å². The lowest BCUT2D eigenvalue weighted by Crippen LogP contribution is -2.31. The maximum atomic E-state index is 10.5. The number of hydrogen-bond donors (Lipinski definition) is 1. The van der Waals surface area contributed by atoms with E-state index in [9.17, 15) is 9.59 Å². The van der Waals surface area contributed by atoms with E-state index in [-0.39, 0.29) is 13.3 Å². The topological polar surface area (TPSA) is 49.4 Å². The standard InChI is InChI=1S/C8H17NO.C8H10.C8H18.C7H13NO.C7H16.C6H14.C4H10.CH4/c1-6(2)5-7(3)9-8(4)10;1-7-3-5-8(2)6-4-7;1-3-5-7-8-6-4-2;1-7-2-4-8(6-9)5-3-7;1-5-6-7(2,3)4;1-4-5-6(2)3;1-3-4-2;/h6-7H,5H2,1-4H3,(H,9,10);3-6H,1-2H3;3-8H2,1-2H3;6-7H,2-5H2,1H3;5-6H2,1-4H3;6H,4-5H2,1-3H3;3-4H2,1-2H3;1H4. The molecule has 320 valence electrons. The minimum Gasteiger partial charge on any atom is -0.354 e. The SMILES string of the molecule is C.CC(=O)NC(C)CC(C)C.CC1CCN(C=O)CC1.CCCC.CCCC(C)(C)C.CCCC(C)C.CCCCCCCC.Cc1ccc(C)cc1. The number of carbonyl (C=O) groups excluding carboxylic acids is 2. The Kier molecular flexibility index (Phi) is 55.2. The Labute approximate surface area is 337 Å². The fraction of sp³-hybridized carbons (Fsp3) is 0.837. The van der Waals surface area contributed by atoms with Crippen LogP contribution in [0.3, 0.4) is 0 Å². The highest BCUT2D eigenvalue weighted by Gasteiger charge is 2.12. The van der Waals surface area contributed by atoms with Crippen LogP contribution in [0.25, 0.3) is 0 Å². The van der Waals surface area contributed by atoms with E-state index in [1.54, 1.807) is 6.92 Å². The first-order valence-electron chi connectivity index (χ1n) is 21.8. The maximum Gasteiger partial charge on any atom is 0.217 e. The van der Waals surface area contributed by atoms with Crippen LogP contribution in [0.1, 0.15) is 226 Å². The average molecular weight is 751 g/mol. The lowest BCUT2D eigenvalue weighted by atomic mass is 9.91. The van der Waals surface area contributed by atoms with Crippen molar-refractivity contribution < 1.29 is 9.59 Å². The number of aryl methyl sites for hydroxylation is 2. The third kappa shape index (κ3) is 68.7. The fourth-order valence-electron chi connectivity index (χ4n) is 5.06. The predicted octanol–water partition coefficient (Wildman–Crippen LogP) is 15.8. The summed E-state index contributed by atoms with van der Waals surface area (Å²) in [6.45, 7) is 40.9. The van der Waals surface area contributed by atoms with E-state index in [0.717, 1.165) is 37.8 Å². The molecule has 1 saturated heterocycles. The van der Waals surface area contributed by atoms with Crippen molar-refractivity contribution in [3.63, 3.8) is 0 Å². The molecule has 1 unspecified atom stereocenters. The zero-order valence-corrected chi connectivity index (χ0v) is 39.0. The summed E-state index contributed by atoms with van der Waals surface area (Å²) in [5.74, 6) is 2.44. The van der Waals surface area contributed by atoms with Crippen molar-refractivity contribution in [1.82, 2.24) is 10.2 Å². The third-order valence-electron chi connectivity index (χ3n) is 8.28. The molecule has 1 heterocycles. The molecule has 1 fully saturated rings. The summed E-state index contributed by atoms with van der Waals surface area (Å²) in [6, 6.07) is 8.80. The van der Waals surface area contributed by atoms with Gasteiger partial charge in [0.2, 0.25) is 12.3 Å². The zero-order chi connectivity index (χ0) is 41.4. The molecule has 0 bridgehead atoms. The van der Waals surface area contributed by atoms with E-state index in [4.69, 9.17) is 0 Å². The first-order valence-corrected chi connectivity index (χ1v) is 21.8. The summed E-state index contributed by atoms with van der Waals surface area (Å²) >= 11 is 0. The number of likely N-dealkylation sites (tertiary alicyclic amines) is 1. The number of piperidine rings is 1. The van der Waals surface area contributed by atoms with Gasteiger partial charge in [-0.2, -0.15) is 0 Å². The molecule has 1 aromatic rings. The van der Waals surface area contributed by atoms with E-state index in [2.05, 4.69) is 140 Å². The molecule has 1 aliphatic heterocycles. The van der Waals surface area contributed by atoms with Gasteiger partial charge >= 0.3 is 0 Å². The van der Waals surface area contributed by atoms with Crippen molar-refractivity contribution in [2.24, 2.45) is 23.2 Å². The fourth-order valence-corrected chi connectivity index (χ4v) is 5.06. The Morgan fingerprint density at radius 1 is 0.736 bits per heavy atom. The summed E-state index contributed by atoms with van der Waals surface area (Å²) in [6.07, 6.45) is 20.8. The van der Waals surface area contributed by atoms with Gasteiger partial charge in [-0.15, -0.1) is 0 Å². The molecule has 0 saturated carbocycles. The number of carbonyl (C=O) groups is 2. The van der Waals surface area contributed by atoms with E-state index >= 15 is 0 Å². The Bertz CT molecular complexity index is 789. The van der Waals surface area contributed by atoms with Crippen molar-refractivity contribution in [3.8, 4) is 0 Å². The molecule has 0 aromatic heterocycles. The lowest BCUT2D eigenvalue weighted by molar-refractivity contribution is -0.120. The van der Waals surface area contributed by atoms with Gasteiger partial charge in [-0.3, -0.25) is 9.59 Å². The monoisotopic (exact) mass is 751 g/mol. The summed E-state index contributed by atoms with van der Waals surface area (Å²) < 4.78 is 0. The molecule has 1 aliphatic rings. The summed E-state index contributed by atoms with van der Waals surface area (Å²) in [5.41, 5.74) is 3.21. The largest absolute Gasteiger partial charge is 0.354 e. The second-order valence-electron chi connectivity index (χ2n) is 17.1. The van der Waals surface area contributed by atoms with Gasteiger partial charge in [-0.05, 0) is 69.6 Å². The number of hydrogen-bond acceptors (Lipinski definition) is 2. The highest BCUT2D eigenvalue weighted by atomic mass is 16.1. The van der Waals surface area contributed by atoms with Crippen LogP contribution in [-0.4, -0.2) is 36.3 Å². The number of nitrogens with one attached hydrogen (secondary N) is 1. The van der Waals surface area contributed by atoms with Crippen molar-refractivity contribution in [2.45, 2.75) is 234 Å². The normalized spacial score (nSPS) is 12.4. The molecule has 0 aliphatic carbocycles. The van der Waals surface area contributed by atoms with Crippen LogP contribution in [-0.2, 0) is 9.59 Å². The molecular weight excluding hydrogens is 649 g/mol. The molecule has 2 amide bonds. The van der Waals surface area contributed by atoms with Crippen molar-refractivity contribution in [2.75, 3.05) is 13.1 Å². The maximum absolute atomic E-state index is 10.5. The van der Waals surface area contributed by atoms with Gasteiger partial charge in [0.15, 0.2) is 0 Å². The Hall–Kier alpha value is -1.84. The quantitative estimate of drug-likeness (QED) is 0.161. The van der Waals surface area contributed by atoms with E-state index in [0.29, 0.717) is 17.4 Å². The Balaban J connectivity index is -0.000000123. The van der Waals surface area contributed by atoms with Crippen molar-refractivity contribution >= 4 is 12.3 Å². The van der Waals surface area contributed by atoms with E-state index < -0.39 is 0 Å². The minimum atomic E-state index is 0. The molecule has 4 heteroatoms. The Morgan fingerprint density at radius 2 is 1.15 bits per heavy atom. The van der Waals surface area contributed by atoms with Gasteiger partial charge in [0.05, 0.1) is 0 Å². The van der Waals surface area contributed by atoms with Gasteiger partial charge in [0.25, 0.3) is 0 Å². The van der Waals surface area contributed by atoms with Crippen LogP contribution in [0.15, 0.2) is 24.3 Å². The third-order valence-corrected chi connectivity index (χ3v) is 8.28. The second kappa shape index (κ2) is 46.3. The molecular formula is C49H102N2O2. The molecule has 0 spiro atoms. The first kappa shape index (κ1) is 63.1. The summed E-state index contributed by atoms with van der Waals surface area (Å²) in [5, 5.41) is 2.84. The molecule has 2 rings (SSSR count).